The van der Waals surface area contributed by atoms with E-state index in [0.717, 1.165) is 11.0 Å². The fourth-order valence-corrected chi connectivity index (χ4v) is 5.74. The van der Waals surface area contributed by atoms with Crippen LogP contribution < -0.4 is 9.44 Å². The van der Waals surface area contributed by atoms with Crippen LogP contribution in [0.2, 0.25) is 5.02 Å². The number of alkyl halides is 3. The summed E-state index contributed by atoms with van der Waals surface area (Å²) in [7, 11) is -4.31. The summed E-state index contributed by atoms with van der Waals surface area (Å²) < 4.78 is 74.7. The summed E-state index contributed by atoms with van der Waals surface area (Å²) >= 11 is 6.43. The van der Waals surface area contributed by atoms with Crippen LogP contribution in [0.1, 0.15) is 37.5 Å². The normalized spacial score (nSPS) is 15.5. The largest absolute Gasteiger partial charge is 0.443 e. The van der Waals surface area contributed by atoms with E-state index >= 15 is 0 Å². The van der Waals surface area contributed by atoms with Crippen LogP contribution in [0.3, 0.4) is 0 Å². The minimum absolute atomic E-state index is 0.0115. The lowest BCUT2D eigenvalue weighted by Gasteiger charge is -2.19. The molecule has 2 aromatic carbocycles. The number of carbonyl (C=O) groups excluding carboxylic acids is 3. The number of imide groups is 1. The van der Waals surface area contributed by atoms with Gasteiger partial charge in [0.15, 0.2) is 0 Å². The number of halogens is 4. The highest BCUT2D eigenvalue weighted by atomic mass is 35.5. The van der Waals surface area contributed by atoms with Gasteiger partial charge in [-0.05, 0) is 74.0 Å². The molecule has 0 aliphatic carbocycles. The van der Waals surface area contributed by atoms with Crippen molar-refractivity contribution in [3.63, 3.8) is 0 Å². The number of ether oxygens (including phenoxy) is 1. The molecule has 1 fully saturated rings. The smallest absolute Gasteiger partial charge is 0.422 e. The molecule has 1 aliphatic rings. The quantitative estimate of drug-likeness (QED) is 0.317. The van der Waals surface area contributed by atoms with Gasteiger partial charge in [0.05, 0.1) is 28.7 Å². The first-order valence-electron chi connectivity index (χ1n) is 12.5. The number of hydrogen-bond donors (Lipinski definition) is 2. The number of nitrogens with zero attached hydrogens (tertiary/aromatic N) is 3. The maximum Gasteiger partial charge on any atom is 0.422 e. The zero-order valence-electron chi connectivity index (χ0n) is 22.9. The van der Waals surface area contributed by atoms with Crippen molar-refractivity contribution >= 4 is 67.8 Å². The van der Waals surface area contributed by atoms with Crippen molar-refractivity contribution in [2.45, 2.75) is 39.1 Å². The Labute approximate surface area is 253 Å². The van der Waals surface area contributed by atoms with E-state index in [2.05, 4.69) is 9.82 Å². The third-order valence-electron chi connectivity index (χ3n) is 5.78. The zero-order chi connectivity index (χ0) is 31.7. The number of hydrogen-bond acceptors (Lipinski definition) is 8. The molecule has 0 radical (unpaired) electrons. The first-order chi connectivity index (χ1) is 19.9. The van der Waals surface area contributed by atoms with Crippen molar-refractivity contribution in [3.05, 3.63) is 69.2 Å². The van der Waals surface area contributed by atoms with Gasteiger partial charge in [-0.1, -0.05) is 23.7 Å². The van der Waals surface area contributed by atoms with Gasteiger partial charge in [-0.2, -0.15) is 31.4 Å². The van der Waals surface area contributed by atoms with Gasteiger partial charge in [-0.25, -0.2) is 9.52 Å². The predicted octanol–water partition coefficient (Wildman–Crippen LogP) is 5.15. The maximum atomic E-state index is 13.5. The van der Waals surface area contributed by atoms with Crippen molar-refractivity contribution in [2.75, 3.05) is 13.1 Å². The number of thioether (sulfide) groups is 1. The molecule has 1 aromatic heterocycles. The Morgan fingerprint density at radius 2 is 1.86 bits per heavy atom. The number of nitrogens with one attached hydrogen (secondary N) is 2. The van der Waals surface area contributed by atoms with E-state index in [1.807, 2.05) is 0 Å². The van der Waals surface area contributed by atoms with Crippen molar-refractivity contribution in [1.29, 1.82) is 0 Å². The fourth-order valence-electron chi connectivity index (χ4n) is 4.01. The molecule has 0 saturated carbocycles. The van der Waals surface area contributed by atoms with E-state index in [-0.39, 0.29) is 35.1 Å². The molecule has 2 heterocycles. The number of carbonyl (C=O) groups is 3. The van der Waals surface area contributed by atoms with Crippen molar-refractivity contribution < 1.29 is 40.7 Å². The van der Waals surface area contributed by atoms with Gasteiger partial charge in [0.25, 0.3) is 11.1 Å². The summed E-state index contributed by atoms with van der Waals surface area (Å²) in [6.45, 7) is 3.86. The minimum atomic E-state index is -4.60. The predicted molar refractivity (Wildman–Crippen MR) is 154 cm³/mol. The Balaban J connectivity index is 1.42. The van der Waals surface area contributed by atoms with Gasteiger partial charge >= 0.3 is 22.5 Å². The van der Waals surface area contributed by atoms with Crippen LogP contribution in [0.15, 0.2) is 47.5 Å². The van der Waals surface area contributed by atoms with E-state index < -0.39 is 44.8 Å². The average molecular weight is 660 g/mol. The molecule has 2 N–H and O–H groups in total. The Bertz CT molecular complexity index is 1730. The topological polar surface area (TPSA) is 140 Å². The van der Waals surface area contributed by atoms with Gasteiger partial charge in [0.1, 0.15) is 5.60 Å². The summed E-state index contributed by atoms with van der Waals surface area (Å²) in [5.74, 6) is -0.646. The van der Waals surface area contributed by atoms with Gasteiger partial charge in [-0.15, -0.1) is 0 Å². The SMILES string of the molecule is CC(C)(C)OC(=O)NS(=O)(=O)NCCN1C(=O)S/C(=C\c2ccc3c(cnn3Cc3ccc(Cl)cc3C(F)(F)F)c2)C1=O. The third-order valence-corrected chi connectivity index (χ3v) is 7.94. The lowest BCUT2D eigenvalue weighted by Crippen LogP contribution is -2.45. The third kappa shape index (κ3) is 8.28. The molecule has 1 aliphatic heterocycles. The van der Waals surface area contributed by atoms with Crippen LogP contribution in [0, 0.1) is 0 Å². The summed E-state index contributed by atoms with van der Waals surface area (Å²) in [5.41, 5.74) is -0.717. The van der Waals surface area contributed by atoms with Crippen molar-refractivity contribution in [1.82, 2.24) is 24.1 Å². The van der Waals surface area contributed by atoms with Gasteiger partial charge in [0, 0.05) is 23.5 Å². The molecule has 1 saturated heterocycles. The van der Waals surface area contributed by atoms with E-state index in [0.29, 0.717) is 28.2 Å². The number of amides is 3. The number of benzene rings is 2. The lowest BCUT2D eigenvalue weighted by atomic mass is 10.1. The molecule has 11 nitrogen and oxygen atoms in total. The fraction of sp³-hybridized carbons (Fsp3) is 0.308. The molecule has 43 heavy (non-hydrogen) atoms. The Kier molecular flexibility index (Phi) is 9.16. The Morgan fingerprint density at radius 3 is 2.53 bits per heavy atom. The molecule has 3 aromatic rings. The van der Waals surface area contributed by atoms with Crippen LogP contribution in [0.5, 0.6) is 0 Å². The highest BCUT2D eigenvalue weighted by Crippen LogP contribution is 2.35. The van der Waals surface area contributed by atoms with Gasteiger partial charge in [-0.3, -0.25) is 19.2 Å². The van der Waals surface area contributed by atoms with Crippen LogP contribution in [-0.2, 0) is 32.5 Å². The van der Waals surface area contributed by atoms with Crippen LogP contribution in [-0.4, -0.2) is 59.0 Å². The van der Waals surface area contributed by atoms with E-state index in [9.17, 15) is 36.0 Å². The summed E-state index contributed by atoms with van der Waals surface area (Å²) in [5, 5.41) is 4.14. The van der Waals surface area contributed by atoms with Gasteiger partial charge < -0.3 is 4.74 Å². The number of aromatic nitrogens is 2. The number of rotatable bonds is 8. The Morgan fingerprint density at radius 1 is 1.14 bits per heavy atom. The summed E-state index contributed by atoms with van der Waals surface area (Å²) in [6, 6.07) is 8.45. The minimum Gasteiger partial charge on any atom is -0.443 e. The van der Waals surface area contributed by atoms with Gasteiger partial charge in [0.2, 0.25) is 0 Å². The van der Waals surface area contributed by atoms with Crippen LogP contribution in [0.25, 0.3) is 17.0 Å². The first-order valence-corrected chi connectivity index (χ1v) is 15.2. The average Bonchev–Trinajstić information content (AvgIpc) is 3.37. The molecule has 3 amide bonds. The summed E-state index contributed by atoms with van der Waals surface area (Å²) in [4.78, 5) is 37.9. The van der Waals surface area contributed by atoms with Crippen LogP contribution in [0.4, 0.5) is 22.8 Å². The molecule has 0 unspecified atom stereocenters. The second kappa shape index (κ2) is 12.2. The van der Waals surface area contributed by atoms with E-state index in [1.54, 1.807) is 43.7 Å². The molecule has 17 heteroatoms. The lowest BCUT2D eigenvalue weighted by molar-refractivity contribution is -0.138. The molecule has 0 bridgehead atoms. The van der Waals surface area contributed by atoms with Crippen molar-refractivity contribution in [3.8, 4) is 0 Å². The standard InChI is InChI=1S/C26H25ClF3N5O6S2/c1-25(2,3)41-23(37)33-43(39,40)32-8-9-34-22(36)21(42-24(34)38)11-15-4-7-20-17(10-15)13-31-35(20)14-16-5-6-18(27)12-19(16)26(28,29)30/h4-7,10-13,32H,8-9,14H2,1-3H3,(H,33,37)/b21-11-. The monoisotopic (exact) mass is 659 g/mol. The van der Waals surface area contributed by atoms with Crippen molar-refractivity contribution in [2.24, 2.45) is 0 Å². The second-order valence-corrected chi connectivity index (χ2v) is 13.2. The Hall–Kier alpha value is -3.60. The summed E-state index contributed by atoms with van der Waals surface area (Å²) in [6.07, 6.45) is -2.84. The highest BCUT2D eigenvalue weighted by Gasteiger charge is 2.35. The zero-order valence-corrected chi connectivity index (χ0v) is 25.2. The van der Waals surface area contributed by atoms with E-state index in [1.165, 1.54) is 29.1 Å². The molecule has 0 atom stereocenters. The highest BCUT2D eigenvalue weighted by molar-refractivity contribution is 8.18. The maximum absolute atomic E-state index is 13.5. The first kappa shape index (κ1) is 32.3. The molecular formula is C26H25ClF3N5O6S2. The van der Waals surface area contributed by atoms with Crippen LogP contribution >= 0.6 is 23.4 Å². The van der Waals surface area contributed by atoms with E-state index in [4.69, 9.17) is 16.3 Å². The second-order valence-electron chi connectivity index (χ2n) is 10.3. The molecule has 4 rings (SSSR count). The number of fused-ring (bicyclic) bond motifs is 1. The molecule has 0 spiro atoms. The molecule has 230 valence electrons. The molecular weight excluding hydrogens is 635 g/mol.